The molecule has 108 valence electrons. The van der Waals surface area contributed by atoms with E-state index >= 15 is 0 Å². The van der Waals surface area contributed by atoms with E-state index in [0.29, 0.717) is 26.3 Å². The second kappa shape index (κ2) is 6.56. The summed E-state index contributed by atoms with van der Waals surface area (Å²) in [5.41, 5.74) is 8.25. The van der Waals surface area contributed by atoms with Crippen LogP contribution in [0.3, 0.4) is 0 Å². The van der Waals surface area contributed by atoms with Crippen molar-refractivity contribution in [2.75, 3.05) is 5.32 Å². The number of aryl methyl sites for hydroxylation is 1. The van der Waals surface area contributed by atoms with Crippen molar-refractivity contribution < 1.29 is 4.79 Å². The van der Waals surface area contributed by atoms with Gasteiger partial charge in [0.25, 0.3) is 5.91 Å². The Bertz CT molecular complexity index is 734. The smallest absolute Gasteiger partial charge is 0.256 e. The van der Waals surface area contributed by atoms with Crippen molar-refractivity contribution in [1.82, 2.24) is 0 Å². The van der Waals surface area contributed by atoms with Crippen molar-refractivity contribution >= 4 is 56.3 Å². The first-order valence-corrected chi connectivity index (χ1v) is 7.63. The Morgan fingerprint density at radius 1 is 1.24 bits per heavy atom. The summed E-state index contributed by atoms with van der Waals surface area (Å²) in [7, 11) is 0. The lowest BCUT2D eigenvalue weighted by molar-refractivity contribution is 0.102. The quantitative estimate of drug-likeness (QED) is 0.777. The zero-order chi connectivity index (χ0) is 15.6. The molecule has 0 aliphatic carbocycles. The summed E-state index contributed by atoms with van der Waals surface area (Å²) in [5, 5.41) is 3.29. The highest BCUT2D eigenvalue weighted by molar-refractivity contribution is 9.10. The van der Waals surface area contributed by atoms with Gasteiger partial charge >= 0.3 is 0 Å². The van der Waals surface area contributed by atoms with E-state index < -0.39 is 0 Å². The maximum Gasteiger partial charge on any atom is 0.256 e. The summed E-state index contributed by atoms with van der Waals surface area (Å²) in [6.45, 7) is 1.92. The van der Waals surface area contributed by atoms with Crippen LogP contribution in [-0.4, -0.2) is 10.9 Å². The molecule has 2 rings (SSSR count). The molecule has 0 saturated carbocycles. The van der Waals surface area contributed by atoms with Gasteiger partial charge in [-0.2, -0.15) is 0 Å². The fraction of sp³-hybridized carbons (Fsp3) is 0.0667. The number of nitrogens with two attached hydrogens (primary N) is 1. The first-order chi connectivity index (χ1) is 9.88. The number of hydrogen-bond donors (Lipinski definition) is 2. The molecule has 0 aromatic heterocycles. The predicted molar refractivity (Wildman–Crippen MR) is 94.2 cm³/mol. The van der Waals surface area contributed by atoms with Gasteiger partial charge in [0.15, 0.2) is 0 Å². The van der Waals surface area contributed by atoms with Crippen LogP contribution in [0.1, 0.15) is 21.5 Å². The summed E-state index contributed by atoms with van der Waals surface area (Å²) in [6, 6.07) is 10.5. The monoisotopic (exact) mass is 382 g/mol. The topological polar surface area (TPSA) is 55.1 Å². The van der Waals surface area contributed by atoms with E-state index in [2.05, 4.69) is 21.2 Å². The molecule has 0 spiro atoms. The van der Waals surface area contributed by atoms with Gasteiger partial charge in [-0.05, 0) is 53.2 Å². The summed E-state index contributed by atoms with van der Waals surface area (Å²) < 4.78 is 0.713. The normalized spacial score (nSPS) is 10.2. The molecule has 0 aliphatic heterocycles. The van der Waals surface area contributed by atoms with E-state index in [4.69, 9.17) is 29.6 Å². The van der Waals surface area contributed by atoms with Gasteiger partial charge in [-0.25, -0.2) is 0 Å². The van der Waals surface area contributed by atoms with E-state index in [9.17, 15) is 4.79 Å². The Balaban J connectivity index is 2.38. The molecule has 0 bridgehead atoms. The lowest BCUT2D eigenvalue weighted by Crippen LogP contribution is -2.18. The molecule has 0 atom stereocenters. The molecule has 2 aromatic carbocycles. The number of thiocarbonyl (C=S) groups is 1. The number of nitrogens with one attached hydrogen (secondary N) is 1. The summed E-state index contributed by atoms with van der Waals surface area (Å²) in [4.78, 5) is 12.6. The highest BCUT2D eigenvalue weighted by Gasteiger charge is 2.14. The Labute approximate surface area is 141 Å². The molecule has 6 heteroatoms. The van der Waals surface area contributed by atoms with E-state index in [0.717, 1.165) is 5.56 Å². The fourth-order valence-corrected chi connectivity index (χ4v) is 2.61. The Morgan fingerprint density at radius 2 is 1.95 bits per heavy atom. The molecular weight excluding hydrogens is 372 g/mol. The van der Waals surface area contributed by atoms with Gasteiger partial charge < -0.3 is 11.1 Å². The molecule has 0 unspecified atom stereocenters. The van der Waals surface area contributed by atoms with Gasteiger partial charge in [0.2, 0.25) is 0 Å². The number of carbonyl (C=O) groups excluding carboxylic acids is 1. The summed E-state index contributed by atoms with van der Waals surface area (Å²) >= 11 is 14.3. The van der Waals surface area contributed by atoms with Crippen LogP contribution < -0.4 is 11.1 Å². The standard InChI is InChI=1S/C15H12BrClN2OS/c1-8-2-5-12(16)11(6-8)15(20)19-13-7-9(17)3-4-10(13)14(18)21/h2-7H,1H3,(H2,18,21)(H,19,20). The maximum atomic E-state index is 12.4. The Hall–Kier alpha value is -1.43. The zero-order valence-electron chi connectivity index (χ0n) is 11.1. The lowest BCUT2D eigenvalue weighted by Gasteiger charge is -2.12. The van der Waals surface area contributed by atoms with Crippen LogP contribution in [0.2, 0.25) is 5.02 Å². The molecule has 21 heavy (non-hydrogen) atoms. The van der Waals surface area contributed by atoms with Crippen molar-refractivity contribution in [2.45, 2.75) is 6.92 Å². The number of carbonyl (C=O) groups is 1. The first-order valence-electron chi connectivity index (χ1n) is 6.05. The van der Waals surface area contributed by atoms with Crippen LogP contribution in [0.5, 0.6) is 0 Å². The van der Waals surface area contributed by atoms with Gasteiger partial charge in [-0.15, -0.1) is 0 Å². The van der Waals surface area contributed by atoms with Gasteiger partial charge in [0, 0.05) is 15.1 Å². The minimum Gasteiger partial charge on any atom is -0.389 e. The van der Waals surface area contributed by atoms with Gasteiger partial charge in [0.1, 0.15) is 4.99 Å². The number of amides is 1. The van der Waals surface area contributed by atoms with E-state index in [1.165, 1.54) is 0 Å². The Morgan fingerprint density at radius 3 is 2.62 bits per heavy atom. The minimum absolute atomic E-state index is 0.199. The summed E-state index contributed by atoms with van der Waals surface area (Å²) in [6.07, 6.45) is 0. The second-order valence-corrected chi connectivity index (χ2v) is 6.22. The lowest BCUT2D eigenvalue weighted by atomic mass is 10.1. The average Bonchev–Trinajstić information content (AvgIpc) is 2.41. The largest absolute Gasteiger partial charge is 0.389 e. The number of halogens is 2. The van der Waals surface area contributed by atoms with E-state index in [-0.39, 0.29) is 10.9 Å². The third-order valence-corrected chi connectivity index (χ3v) is 4.01. The fourth-order valence-electron chi connectivity index (χ4n) is 1.84. The van der Waals surface area contributed by atoms with E-state index in [1.807, 2.05) is 19.1 Å². The zero-order valence-corrected chi connectivity index (χ0v) is 14.3. The van der Waals surface area contributed by atoms with Gasteiger partial charge in [-0.1, -0.05) is 35.4 Å². The highest BCUT2D eigenvalue weighted by Crippen LogP contribution is 2.24. The molecule has 0 saturated heterocycles. The maximum absolute atomic E-state index is 12.4. The average molecular weight is 384 g/mol. The van der Waals surface area contributed by atoms with Crippen LogP contribution in [0.4, 0.5) is 5.69 Å². The molecule has 0 aliphatic rings. The molecule has 0 fully saturated rings. The van der Waals surface area contributed by atoms with Crippen LogP contribution in [0.25, 0.3) is 0 Å². The molecule has 3 N–H and O–H groups in total. The second-order valence-electron chi connectivity index (χ2n) is 4.49. The SMILES string of the molecule is Cc1ccc(Br)c(C(=O)Nc2cc(Cl)ccc2C(N)=S)c1. The predicted octanol–water partition coefficient (Wildman–Crippen LogP) is 4.30. The number of anilines is 1. The third-order valence-electron chi connectivity index (χ3n) is 2.86. The molecule has 0 radical (unpaired) electrons. The van der Waals surface area contributed by atoms with Crippen LogP contribution >= 0.6 is 39.7 Å². The molecule has 3 nitrogen and oxygen atoms in total. The van der Waals surface area contributed by atoms with Crippen molar-refractivity contribution in [3.8, 4) is 0 Å². The highest BCUT2D eigenvalue weighted by atomic mass is 79.9. The molecule has 1 amide bonds. The van der Waals surface area contributed by atoms with Gasteiger partial charge in [-0.3, -0.25) is 4.79 Å². The van der Waals surface area contributed by atoms with E-state index in [1.54, 1.807) is 24.3 Å². The van der Waals surface area contributed by atoms with Crippen molar-refractivity contribution in [3.05, 3.63) is 62.6 Å². The van der Waals surface area contributed by atoms with Crippen molar-refractivity contribution in [3.63, 3.8) is 0 Å². The Kier molecular flexibility index (Phi) is 4.98. The van der Waals surface area contributed by atoms with Gasteiger partial charge in [0.05, 0.1) is 11.3 Å². The molecule has 2 aromatic rings. The van der Waals surface area contributed by atoms with Crippen molar-refractivity contribution in [2.24, 2.45) is 5.73 Å². The van der Waals surface area contributed by atoms with Crippen LogP contribution in [-0.2, 0) is 0 Å². The van der Waals surface area contributed by atoms with Crippen LogP contribution in [0.15, 0.2) is 40.9 Å². The number of benzene rings is 2. The van der Waals surface area contributed by atoms with Crippen LogP contribution in [0, 0.1) is 6.92 Å². The van der Waals surface area contributed by atoms with Crippen molar-refractivity contribution in [1.29, 1.82) is 0 Å². The number of hydrogen-bond acceptors (Lipinski definition) is 2. The minimum atomic E-state index is -0.259. The number of rotatable bonds is 3. The first kappa shape index (κ1) is 15.9. The third kappa shape index (κ3) is 3.81. The summed E-state index contributed by atoms with van der Waals surface area (Å²) in [5.74, 6) is -0.259. The molecule has 0 heterocycles. The molecular formula is C15H12BrClN2OS.